The summed E-state index contributed by atoms with van der Waals surface area (Å²) in [6.45, 7) is 5.60. The Bertz CT molecular complexity index is 1050. The Morgan fingerprint density at radius 1 is 0.653 bits per heavy atom. The van der Waals surface area contributed by atoms with Crippen molar-refractivity contribution in [3.05, 3.63) is 72.9 Å². The third-order valence-electron chi connectivity index (χ3n) is 7.29. The number of phosphoric ester groups is 1. The average Bonchev–Trinajstić information content (AvgIpc) is 3.05. The number of aliphatic hydroxyl groups excluding tert-OH is 1. The van der Waals surface area contributed by atoms with Gasteiger partial charge in [0.1, 0.15) is 6.61 Å². The summed E-state index contributed by atoms with van der Waals surface area (Å²) in [5.74, 6) is -0.419. The predicted molar refractivity (Wildman–Crippen MR) is 199 cm³/mol. The highest BCUT2D eigenvalue weighted by Crippen LogP contribution is 2.36. The molecular formula is C39H65O9P. The molecule has 0 aliphatic rings. The molecule has 10 heteroatoms. The number of carbonyl (C=O) groups is 2. The molecule has 0 saturated carbocycles. The molecule has 0 bridgehead atoms. The maximum Gasteiger partial charge on any atom is 0.469 e. The number of esters is 2. The molecular weight excluding hydrogens is 643 g/mol. The lowest BCUT2D eigenvalue weighted by Crippen LogP contribution is -2.29. The van der Waals surface area contributed by atoms with Crippen LogP contribution in [0.15, 0.2) is 72.9 Å². The third kappa shape index (κ3) is 36.6. The van der Waals surface area contributed by atoms with Crippen LogP contribution in [0.5, 0.6) is 0 Å². The minimum Gasteiger partial charge on any atom is -0.462 e. The third-order valence-corrected chi connectivity index (χ3v) is 7.77. The van der Waals surface area contributed by atoms with Crippen LogP contribution in [0.4, 0.5) is 0 Å². The molecule has 0 heterocycles. The van der Waals surface area contributed by atoms with Gasteiger partial charge in [0.15, 0.2) is 6.10 Å². The van der Waals surface area contributed by atoms with Gasteiger partial charge in [-0.25, -0.2) is 4.57 Å². The maximum absolute atomic E-state index is 12.4. The quantitative estimate of drug-likeness (QED) is 0.0211. The SMILES string of the molecule is CC/C=C\C/C=C\C/C=C\C/C=C\C/C=C\C=C/C(O)CCC(=O)O[C@H](COC(=O)CCCCCCCCCCC(C)C)COP(=O)(O)O. The van der Waals surface area contributed by atoms with Crippen molar-refractivity contribution in [2.75, 3.05) is 13.2 Å². The molecule has 0 radical (unpaired) electrons. The highest BCUT2D eigenvalue weighted by molar-refractivity contribution is 7.46. The van der Waals surface area contributed by atoms with Crippen LogP contribution in [0.3, 0.4) is 0 Å². The molecule has 49 heavy (non-hydrogen) atoms. The fraction of sp³-hybridized carbons (Fsp3) is 0.641. The number of ether oxygens (including phenoxy) is 2. The topological polar surface area (TPSA) is 140 Å². The van der Waals surface area contributed by atoms with Crippen LogP contribution in [-0.2, 0) is 28.2 Å². The first-order valence-corrected chi connectivity index (χ1v) is 19.7. The lowest BCUT2D eigenvalue weighted by atomic mass is 10.0. The second kappa shape index (κ2) is 32.6. The number of hydrogen-bond acceptors (Lipinski definition) is 7. The van der Waals surface area contributed by atoms with Gasteiger partial charge in [0.25, 0.3) is 0 Å². The van der Waals surface area contributed by atoms with E-state index in [0.717, 1.165) is 57.3 Å². The zero-order valence-electron chi connectivity index (χ0n) is 30.3. The monoisotopic (exact) mass is 708 g/mol. The van der Waals surface area contributed by atoms with E-state index >= 15 is 0 Å². The summed E-state index contributed by atoms with van der Waals surface area (Å²) in [5, 5.41) is 10.2. The summed E-state index contributed by atoms with van der Waals surface area (Å²) in [5.41, 5.74) is 0. The van der Waals surface area contributed by atoms with E-state index in [1.807, 2.05) is 12.2 Å². The molecule has 2 atom stereocenters. The molecule has 3 N–H and O–H groups in total. The van der Waals surface area contributed by atoms with Gasteiger partial charge in [-0.3, -0.25) is 14.1 Å². The first-order chi connectivity index (χ1) is 23.5. The van der Waals surface area contributed by atoms with Crippen LogP contribution in [0.1, 0.15) is 130 Å². The minimum atomic E-state index is -4.82. The molecule has 0 amide bonds. The van der Waals surface area contributed by atoms with Crippen LogP contribution < -0.4 is 0 Å². The Morgan fingerprint density at radius 2 is 1.18 bits per heavy atom. The van der Waals surface area contributed by atoms with Crippen molar-refractivity contribution in [1.82, 2.24) is 0 Å². The molecule has 9 nitrogen and oxygen atoms in total. The smallest absolute Gasteiger partial charge is 0.462 e. The van der Waals surface area contributed by atoms with Crippen LogP contribution in [0, 0.1) is 5.92 Å². The molecule has 0 aromatic carbocycles. The minimum absolute atomic E-state index is 0.0871. The summed E-state index contributed by atoms with van der Waals surface area (Å²) >= 11 is 0. The van der Waals surface area contributed by atoms with Gasteiger partial charge in [0, 0.05) is 12.8 Å². The van der Waals surface area contributed by atoms with Gasteiger partial charge in [-0.2, -0.15) is 0 Å². The lowest BCUT2D eigenvalue weighted by molar-refractivity contribution is -0.161. The van der Waals surface area contributed by atoms with Crippen LogP contribution in [0.25, 0.3) is 0 Å². The van der Waals surface area contributed by atoms with Crippen LogP contribution in [0.2, 0.25) is 0 Å². The predicted octanol–water partition coefficient (Wildman–Crippen LogP) is 9.56. The lowest BCUT2D eigenvalue weighted by Gasteiger charge is -2.18. The van der Waals surface area contributed by atoms with Crippen molar-refractivity contribution < 1.29 is 43.0 Å². The van der Waals surface area contributed by atoms with E-state index in [2.05, 4.69) is 73.9 Å². The Morgan fingerprint density at radius 3 is 1.73 bits per heavy atom. The van der Waals surface area contributed by atoms with Gasteiger partial charge in [-0.05, 0) is 50.9 Å². The van der Waals surface area contributed by atoms with Crippen molar-refractivity contribution in [2.24, 2.45) is 5.92 Å². The van der Waals surface area contributed by atoms with E-state index in [1.54, 1.807) is 12.2 Å². The maximum atomic E-state index is 12.4. The number of allylic oxidation sites excluding steroid dienone is 11. The zero-order chi connectivity index (χ0) is 36.4. The van der Waals surface area contributed by atoms with E-state index in [1.165, 1.54) is 32.1 Å². The molecule has 0 aliphatic carbocycles. The van der Waals surface area contributed by atoms with Gasteiger partial charge in [-0.1, -0.05) is 145 Å². The number of carbonyl (C=O) groups excluding carboxylic acids is 2. The average molecular weight is 709 g/mol. The van der Waals surface area contributed by atoms with Gasteiger partial charge in [0.2, 0.25) is 0 Å². The highest BCUT2D eigenvalue weighted by Gasteiger charge is 2.23. The molecule has 0 aromatic heterocycles. The Balaban J connectivity index is 4.28. The van der Waals surface area contributed by atoms with Crippen LogP contribution in [-0.4, -0.2) is 52.3 Å². The first kappa shape index (κ1) is 46.5. The molecule has 0 aliphatic heterocycles. The largest absolute Gasteiger partial charge is 0.469 e. The second-order valence-electron chi connectivity index (χ2n) is 12.5. The zero-order valence-corrected chi connectivity index (χ0v) is 31.2. The molecule has 1 unspecified atom stereocenters. The van der Waals surface area contributed by atoms with Crippen molar-refractivity contribution in [3.63, 3.8) is 0 Å². The molecule has 0 saturated heterocycles. The number of unbranched alkanes of at least 4 members (excludes halogenated alkanes) is 7. The fourth-order valence-electron chi connectivity index (χ4n) is 4.55. The van der Waals surface area contributed by atoms with Gasteiger partial charge < -0.3 is 24.4 Å². The number of phosphoric acid groups is 1. The van der Waals surface area contributed by atoms with Gasteiger partial charge in [-0.15, -0.1) is 0 Å². The summed E-state index contributed by atoms with van der Waals surface area (Å²) in [7, 11) is -4.82. The number of hydrogen-bond donors (Lipinski definition) is 3. The molecule has 280 valence electrons. The number of rotatable bonds is 31. The Hall–Kier alpha value is -2.55. The number of aliphatic hydroxyl groups is 1. The second-order valence-corrected chi connectivity index (χ2v) is 13.7. The molecule has 0 spiro atoms. The van der Waals surface area contributed by atoms with E-state index in [4.69, 9.17) is 19.3 Å². The Labute approximate surface area is 296 Å². The van der Waals surface area contributed by atoms with Crippen molar-refractivity contribution >= 4 is 19.8 Å². The van der Waals surface area contributed by atoms with Gasteiger partial charge in [0.05, 0.1) is 12.7 Å². The van der Waals surface area contributed by atoms with E-state index in [9.17, 15) is 19.3 Å². The van der Waals surface area contributed by atoms with Crippen molar-refractivity contribution in [3.8, 4) is 0 Å². The van der Waals surface area contributed by atoms with E-state index < -0.39 is 38.6 Å². The van der Waals surface area contributed by atoms with Crippen molar-refractivity contribution in [2.45, 2.75) is 142 Å². The Kier molecular flexibility index (Phi) is 30.9. The molecule has 0 fully saturated rings. The summed E-state index contributed by atoms with van der Waals surface area (Å²) in [4.78, 5) is 42.6. The standard InChI is InChI=1S/C39H65O9P/c1-4-5-6-7-8-9-10-11-12-13-14-15-16-20-23-26-29-36(40)31-32-39(42)48-37(34-47-49(43,44)45)33-46-38(41)30-27-24-21-18-17-19-22-25-28-35(2)3/h5-6,8-9,11-12,14-15,20,23,26,29,35-37,40H,4,7,10,13,16-19,21-22,24-25,27-28,30-34H2,1-3H3,(H2,43,44,45)/b6-5-,9-8-,12-11-,15-14-,23-20-,29-26-/t36?,37-/m1/s1. The van der Waals surface area contributed by atoms with Crippen LogP contribution >= 0.6 is 7.82 Å². The van der Waals surface area contributed by atoms with Gasteiger partial charge >= 0.3 is 19.8 Å². The highest BCUT2D eigenvalue weighted by atomic mass is 31.2. The summed E-state index contributed by atoms with van der Waals surface area (Å²) in [6.07, 6.45) is 36.9. The first-order valence-electron chi connectivity index (χ1n) is 18.2. The summed E-state index contributed by atoms with van der Waals surface area (Å²) in [6, 6.07) is 0. The normalized spacial score (nSPS) is 14.1. The summed E-state index contributed by atoms with van der Waals surface area (Å²) < 4.78 is 26.1. The fourth-order valence-corrected chi connectivity index (χ4v) is 4.91. The molecule has 0 rings (SSSR count). The van der Waals surface area contributed by atoms with Crippen molar-refractivity contribution in [1.29, 1.82) is 0 Å². The van der Waals surface area contributed by atoms with E-state index in [-0.39, 0.29) is 25.9 Å². The molecule has 0 aromatic rings. The van der Waals surface area contributed by atoms with E-state index in [0.29, 0.717) is 6.42 Å².